The summed E-state index contributed by atoms with van der Waals surface area (Å²) in [4.78, 5) is 10.4. The Morgan fingerprint density at radius 3 is 2.15 bits per heavy atom. The number of carboxylic acid groups (broad SMARTS) is 1. The molecule has 2 nitrogen and oxygen atoms in total. The molecule has 0 aliphatic heterocycles. The van der Waals surface area contributed by atoms with Gasteiger partial charge in [0.05, 0.1) is 0 Å². The summed E-state index contributed by atoms with van der Waals surface area (Å²) in [5, 5.41) is 8.60. The van der Waals surface area contributed by atoms with E-state index in [4.69, 9.17) is 5.11 Å². The fraction of sp³-hybridized carbons (Fsp3) is 0.909. The second kappa shape index (κ2) is 5.25. The lowest BCUT2D eigenvalue weighted by atomic mass is 9.76. The summed E-state index contributed by atoms with van der Waals surface area (Å²) in [6.07, 6.45) is 3.40. The van der Waals surface area contributed by atoms with E-state index in [0.29, 0.717) is 12.3 Å². The molecule has 0 aromatic heterocycles. The van der Waals surface area contributed by atoms with Crippen molar-refractivity contribution in [2.75, 3.05) is 0 Å². The molecule has 78 valence electrons. The highest BCUT2D eigenvalue weighted by Gasteiger charge is 2.23. The van der Waals surface area contributed by atoms with E-state index in [1.807, 2.05) is 0 Å². The van der Waals surface area contributed by atoms with Gasteiger partial charge >= 0.3 is 5.97 Å². The zero-order chi connectivity index (χ0) is 10.5. The molecule has 0 aromatic carbocycles. The van der Waals surface area contributed by atoms with Crippen LogP contribution < -0.4 is 0 Å². The first-order chi connectivity index (χ1) is 5.88. The molecule has 2 heteroatoms. The largest absolute Gasteiger partial charge is 0.481 e. The predicted octanol–water partition coefficient (Wildman–Crippen LogP) is 3.31. The second-order valence-electron chi connectivity index (χ2n) is 4.78. The molecule has 0 aliphatic carbocycles. The summed E-state index contributed by atoms with van der Waals surface area (Å²) in [7, 11) is 0. The molecule has 0 spiro atoms. The first-order valence-corrected chi connectivity index (χ1v) is 5.09. The average molecular weight is 186 g/mol. The van der Waals surface area contributed by atoms with Crippen LogP contribution in [0.3, 0.4) is 0 Å². The Morgan fingerprint density at radius 1 is 1.31 bits per heavy atom. The molecule has 0 aromatic rings. The van der Waals surface area contributed by atoms with Crippen LogP contribution in [-0.4, -0.2) is 11.1 Å². The number of carboxylic acids is 1. The lowest BCUT2D eigenvalue weighted by Gasteiger charge is -2.30. The molecule has 0 aliphatic rings. The Labute approximate surface area is 81.3 Å². The first-order valence-electron chi connectivity index (χ1n) is 5.09. The van der Waals surface area contributed by atoms with E-state index in [2.05, 4.69) is 27.7 Å². The summed E-state index contributed by atoms with van der Waals surface area (Å²) in [5.74, 6) is -0.140. The highest BCUT2D eigenvalue weighted by molar-refractivity contribution is 5.66. The van der Waals surface area contributed by atoms with Gasteiger partial charge in [0.2, 0.25) is 0 Å². The highest BCUT2D eigenvalue weighted by Crippen LogP contribution is 2.33. The van der Waals surface area contributed by atoms with Crippen LogP contribution in [0, 0.1) is 11.3 Å². The van der Waals surface area contributed by atoms with Gasteiger partial charge < -0.3 is 5.11 Å². The number of aliphatic carboxylic acids is 1. The molecular weight excluding hydrogens is 164 g/mol. The van der Waals surface area contributed by atoms with Crippen LogP contribution in [-0.2, 0) is 4.79 Å². The van der Waals surface area contributed by atoms with Gasteiger partial charge in [0.25, 0.3) is 0 Å². The van der Waals surface area contributed by atoms with E-state index in [9.17, 15) is 4.79 Å². The van der Waals surface area contributed by atoms with E-state index < -0.39 is 5.97 Å². The van der Waals surface area contributed by atoms with Crippen molar-refractivity contribution < 1.29 is 9.90 Å². The summed E-state index contributed by atoms with van der Waals surface area (Å²) >= 11 is 0. The van der Waals surface area contributed by atoms with Crippen LogP contribution in [0.15, 0.2) is 0 Å². The number of rotatable bonds is 5. The monoisotopic (exact) mass is 186 g/mol. The van der Waals surface area contributed by atoms with Gasteiger partial charge in [-0.3, -0.25) is 4.79 Å². The van der Waals surface area contributed by atoms with E-state index in [0.717, 1.165) is 19.3 Å². The topological polar surface area (TPSA) is 37.3 Å². The molecule has 0 radical (unpaired) electrons. The van der Waals surface area contributed by atoms with Gasteiger partial charge in [-0.2, -0.15) is 0 Å². The van der Waals surface area contributed by atoms with E-state index in [1.165, 1.54) is 0 Å². The zero-order valence-corrected chi connectivity index (χ0v) is 9.26. The third-order valence-electron chi connectivity index (χ3n) is 2.57. The minimum absolute atomic E-state index is 0.242. The van der Waals surface area contributed by atoms with Gasteiger partial charge in [0, 0.05) is 6.42 Å². The van der Waals surface area contributed by atoms with Gasteiger partial charge in [-0.1, -0.05) is 40.5 Å². The van der Waals surface area contributed by atoms with Crippen LogP contribution in [0.4, 0.5) is 0 Å². The van der Waals surface area contributed by atoms with Crippen LogP contribution in [0.5, 0.6) is 0 Å². The molecule has 0 heterocycles. The standard InChI is InChI=1S/C11H22O2/c1-5-6-9(11(2,3)4)7-8-10(12)13/h9H,5-8H2,1-4H3,(H,12,13). The molecule has 0 rings (SSSR count). The molecule has 0 fully saturated rings. The summed E-state index contributed by atoms with van der Waals surface area (Å²) in [6.45, 7) is 8.72. The molecule has 13 heavy (non-hydrogen) atoms. The van der Waals surface area contributed by atoms with Crippen LogP contribution in [0.2, 0.25) is 0 Å². The van der Waals surface area contributed by atoms with Gasteiger partial charge in [0.1, 0.15) is 0 Å². The fourth-order valence-electron chi connectivity index (χ4n) is 1.66. The van der Waals surface area contributed by atoms with Crippen molar-refractivity contribution in [2.24, 2.45) is 11.3 Å². The normalized spacial score (nSPS) is 14.2. The second-order valence-corrected chi connectivity index (χ2v) is 4.78. The maximum absolute atomic E-state index is 10.4. The van der Waals surface area contributed by atoms with Gasteiger partial charge in [-0.05, 0) is 17.8 Å². The van der Waals surface area contributed by atoms with E-state index >= 15 is 0 Å². The molecular formula is C11H22O2. The Bertz CT molecular complexity index is 156. The number of carbonyl (C=O) groups is 1. The van der Waals surface area contributed by atoms with Crippen molar-refractivity contribution in [2.45, 2.75) is 53.4 Å². The Morgan fingerprint density at radius 2 is 1.85 bits per heavy atom. The zero-order valence-electron chi connectivity index (χ0n) is 9.26. The minimum atomic E-state index is -0.676. The van der Waals surface area contributed by atoms with E-state index in [1.54, 1.807) is 0 Å². The van der Waals surface area contributed by atoms with Crippen molar-refractivity contribution in [3.63, 3.8) is 0 Å². The molecule has 0 saturated carbocycles. The van der Waals surface area contributed by atoms with Crippen LogP contribution >= 0.6 is 0 Å². The maximum Gasteiger partial charge on any atom is 0.303 e. The van der Waals surface area contributed by atoms with Crippen LogP contribution in [0.1, 0.15) is 53.4 Å². The SMILES string of the molecule is CCCC(CCC(=O)O)C(C)(C)C. The first kappa shape index (κ1) is 12.5. The summed E-state index contributed by atoms with van der Waals surface area (Å²) in [6, 6.07) is 0. The van der Waals surface area contributed by atoms with Crippen molar-refractivity contribution in [3.8, 4) is 0 Å². The van der Waals surface area contributed by atoms with Crippen molar-refractivity contribution in [1.29, 1.82) is 0 Å². The van der Waals surface area contributed by atoms with E-state index in [-0.39, 0.29) is 5.41 Å². The average Bonchev–Trinajstić information content (AvgIpc) is 1.95. The number of hydrogen-bond donors (Lipinski definition) is 1. The predicted molar refractivity (Wildman–Crippen MR) is 54.7 cm³/mol. The van der Waals surface area contributed by atoms with Gasteiger partial charge in [0.15, 0.2) is 0 Å². The maximum atomic E-state index is 10.4. The third-order valence-corrected chi connectivity index (χ3v) is 2.57. The molecule has 1 unspecified atom stereocenters. The molecule has 0 saturated heterocycles. The number of hydrogen-bond acceptors (Lipinski definition) is 1. The summed E-state index contributed by atoms with van der Waals surface area (Å²) in [5.41, 5.74) is 0.242. The van der Waals surface area contributed by atoms with Crippen LogP contribution in [0.25, 0.3) is 0 Å². The Hall–Kier alpha value is -0.530. The fourth-order valence-corrected chi connectivity index (χ4v) is 1.66. The van der Waals surface area contributed by atoms with Crippen molar-refractivity contribution in [3.05, 3.63) is 0 Å². The molecule has 1 atom stereocenters. The molecule has 0 amide bonds. The van der Waals surface area contributed by atoms with Crippen molar-refractivity contribution in [1.82, 2.24) is 0 Å². The Kier molecular flexibility index (Phi) is 5.04. The Balaban J connectivity index is 4.02. The van der Waals surface area contributed by atoms with Crippen molar-refractivity contribution >= 4 is 5.97 Å². The van der Waals surface area contributed by atoms with Gasteiger partial charge in [-0.15, -0.1) is 0 Å². The molecule has 1 N–H and O–H groups in total. The lowest BCUT2D eigenvalue weighted by molar-refractivity contribution is -0.137. The lowest BCUT2D eigenvalue weighted by Crippen LogP contribution is -2.21. The highest BCUT2D eigenvalue weighted by atomic mass is 16.4. The van der Waals surface area contributed by atoms with Gasteiger partial charge in [-0.25, -0.2) is 0 Å². The summed E-state index contributed by atoms with van der Waals surface area (Å²) < 4.78 is 0. The third kappa shape index (κ3) is 5.67. The quantitative estimate of drug-likeness (QED) is 0.715. The minimum Gasteiger partial charge on any atom is -0.481 e. The molecule has 0 bridgehead atoms. The smallest absolute Gasteiger partial charge is 0.303 e.